The number of aromatic nitrogens is 3. The van der Waals surface area contributed by atoms with Crippen molar-refractivity contribution in [2.75, 3.05) is 13.2 Å². The van der Waals surface area contributed by atoms with Crippen LogP contribution in [0.1, 0.15) is 42.0 Å². The minimum absolute atomic E-state index is 0.154. The second-order valence-electron chi connectivity index (χ2n) is 14.1. The van der Waals surface area contributed by atoms with E-state index in [1.165, 1.54) is 3.97 Å². The highest BCUT2D eigenvalue weighted by Crippen LogP contribution is 2.37. The Hall–Kier alpha value is -4.47. The van der Waals surface area contributed by atoms with Crippen LogP contribution in [0, 0.1) is 18.3 Å². The van der Waals surface area contributed by atoms with Crippen LogP contribution in [0.25, 0.3) is 21.9 Å². The molecule has 2 aromatic heterocycles. The van der Waals surface area contributed by atoms with Crippen molar-refractivity contribution in [1.82, 2.24) is 13.5 Å². The molecule has 2 atom stereocenters. The number of fused-ring (bicyclic) bond motifs is 2. The maximum Gasteiger partial charge on any atom is 0.248 e. The summed E-state index contributed by atoms with van der Waals surface area (Å²) in [5.41, 5.74) is 4.35. The third kappa shape index (κ3) is 6.87. The molecule has 6 rings (SSSR count). The lowest BCUT2D eigenvalue weighted by Crippen LogP contribution is -2.38. The standard InChI is InChI=1S/C38H42N4O5SSi/c1-27-13-15-32(36(43)37-40-33-16-14-28(24-39)22-34(33)41(37)26-46-20-21-49(3,4)5)31-17-19-42(35(27)31)48(44,45)38(2)18-9-10-29(23-38)25-47-30-11-7-6-8-12-30/h6-17,19,22-23,36,43H,18,20-21,25-26H2,1-5H3. The van der Waals surface area contributed by atoms with Gasteiger partial charge in [-0.3, -0.25) is 0 Å². The Morgan fingerprint density at radius 1 is 1.10 bits per heavy atom. The van der Waals surface area contributed by atoms with Crippen LogP contribution in [-0.4, -0.2) is 53.1 Å². The Labute approximate surface area is 288 Å². The van der Waals surface area contributed by atoms with Gasteiger partial charge in [-0.15, -0.1) is 0 Å². The number of aliphatic hydroxyl groups excluding tert-OH is 1. The number of benzene rings is 3. The summed E-state index contributed by atoms with van der Waals surface area (Å²) >= 11 is 0. The van der Waals surface area contributed by atoms with E-state index in [9.17, 15) is 18.8 Å². The van der Waals surface area contributed by atoms with Gasteiger partial charge in [0.1, 0.15) is 35.8 Å². The first-order valence-electron chi connectivity index (χ1n) is 16.4. The van der Waals surface area contributed by atoms with Crippen molar-refractivity contribution in [2.24, 2.45) is 0 Å². The number of rotatable bonds is 12. The number of aryl methyl sites for hydroxylation is 1. The number of nitrogens with zero attached hydrogens (tertiary/aromatic N) is 4. The molecule has 0 amide bonds. The topological polar surface area (TPSA) is 119 Å². The molecule has 0 radical (unpaired) electrons. The van der Waals surface area contributed by atoms with Gasteiger partial charge >= 0.3 is 0 Å². The van der Waals surface area contributed by atoms with Crippen LogP contribution in [0.4, 0.5) is 0 Å². The lowest BCUT2D eigenvalue weighted by atomic mass is 9.97. The van der Waals surface area contributed by atoms with Gasteiger partial charge in [-0.2, -0.15) is 5.26 Å². The van der Waals surface area contributed by atoms with Crippen LogP contribution in [-0.2, 0) is 21.5 Å². The zero-order valence-corrected chi connectivity index (χ0v) is 30.4. The second kappa shape index (κ2) is 13.4. The third-order valence-electron chi connectivity index (χ3n) is 9.06. The van der Waals surface area contributed by atoms with Gasteiger partial charge in [-0.25, -0.2) is 17.4 Å². The average molecular weight is 695 g/mol. The van der Waals surface area contributed by atoms with Gasteiger partial charge in [0.2, 0.25) is 10.0 Å². The van der Waals surface area contributed by atoms with Gasteiger partial charge < -0.3 is 19.1 Å². The van der Waals surface area contributed by atoms with Crippen LogP contribution in [0.3, 0.4) is 0 Å². The van der Waals surface area contributed by atoms with E-state index < -0.39 is 28.9 Å². The van der Waals surface area contributed by atoms with Crippen molar-refractivity contribution in [2.45, 2.75) is 63.5 Å². The van der Waals surface area contributed by atoms with E-state index in [4.69, 9.17) is 14.5 Å². The van der Waals surface area contributed by atoms with Crippen molar-refractivity contribution in [3.05, 3.63) is 119 Å². The molecule has 1 N–H and O–H groups in total. The Bertz CT molecular complexity index is 2230. The SMILES string of the molecule is Cc1ccc(C(O)c2nc3ccc(C#N)cc3n2COCC[Si](C)(C)C)c2ccn(S(=O)(=O)C3(C)C=C(COc4ccccc4)C=CC3)c12. The lowest BCUT2D eigenvalue weighted by molar-refractivity contribution is 0.0816. The number of hydrogen-bond donors (Lipinski definition) is 1. The lowest BCUT2D eigenvalue weighted by Gasteiger charge is -2.29. The number of aliphatic hydroxyl groups is 1. The predicted octanol–water partition coefficient (Wildman–Crippen LogP) is 7.47. The molecular formula is C38H42N4O5SSi. The summed E-state index contributed by atoms with van der Waals surface area (Å²) in [7, 11) is -5.30. The van der Waals surface area contributed by atoms with Gasteiger partial charge in [-0.1, -0.05) is 68.2 Å². The number of allylic oxidation sites excluding steroid dienone is 1. The fraction of sp³-hybridized carbons (Fsp3) is 0.316. The largest absolute Gasteiger partial charge is 0.489 e. The first-order valence-corrected chi connectivity index (χ1v) is 21.5. The van der Waals surface area contributed by atoms with Gasteiger partial charge in [-0.05, 0) is 79.4 Å². The Kier molecular flexibility index (Phi) is 9.43. The zero-order valence-electron chi connectivity index (χ0n) is 28.6. The molecule has 3 aromatic carbocycles. The molecule has 1 aliphatic rings. The molecule has 5 aromatic rings. The highest BCUT2D eigenvalue weighted by molar-refractivity contribution is 7.91. The molecule has 1 aliphatic carbocycles. The van der Waals surface area contributed by atoms with Crippen molar-refractivity contribution in [3.63, 3.8) is 0 Å². The number of hydrogen-bond acceptors (Lipinski definition) is 7. The third-order valence-corrected chi connectivity index (χ3v) is 13.0. The molecule has 2 heterocycles. The minimum atomic E-state index is -3.97. The molecule has 0 saturated heterocycles. The van der Waals surface area contributed by atoms with Gasteiger partial charge in [0.15, 0.2) is 0 Å². The Morgan fingerprint density at radius 2 is 1.88 bits per heavy atom. The van der Waals surface area contributed by atoms with E-state index in [0.717, 1.165) is 17.2 Å². The van der Waals surface area contributed by atoms with Crippen LogP contribution in [0.2, 0.25) is 25.7 Å². The average Bonchev–Trinajstić information content (AvgIpc) is 3.69. The van der Waals surface area contributed by atoms with Crippen molar-refractivity contribution < 1.29 is 23.0 Å². The Balaban J connectivity index is 1.36. The summed E-state index contributed by atoms with van der Waals surface area (Å²) in [5, 5.41) is 22.2. The van der Waals surface area contributed by atoms with Crippen molar-refractivity contribution >= 4 is 40.0 Å². The summed E-state index contributed by atoms with van der Waals surface area (Å²) in [6.07, 6.45) is 6.25. The summed E-state index contributed by atoms with van der Waals surface area (Å²) in [5.74, 6) is 1.07. The zero-order chi connectivity index (χ0) is 35.0. The minimum Gasteiger partial charge on any atom is -0.489 e. The first kappa shape index (κ1) is 34.4. The van der Waals surface area contributed by atoms with Crippen LogP contribution >= 0.6 is 0 Å². The summed E-state index contributed by atoms with van der Waals surface area (Å²) in [4.78, 5) is 4.79. The number of ether oxygens (including phenoxy) is 2. The maximum absolute atomic E-state index is 14.5. The van der Waals surface area contributed by atoms with E-state index in [0.29, 0.717) is 57.7 Å². The van der Waals surface area contributed by atoms with Crippen molar-refractivity contribution in [1.29, 1.82) is 5.26 Å². The molecule has 2 unspecified atom stereocenters. The molecule has 0 spiro atoms. The summed E-state index contributed by atoms with van der Waals surface area (Å²) < 4.78 is 42.9. The molecule has 0 aliphatic heterocycles. The monoisotopic (exact) mass is 694 g/mol. The van der Waals surface area contributed by atoms with E-state index in [2.05, 4.69) is 25.7 Å². The quantitative estimate of drug-likeness (QED) is 0.106. The van der Waals surface area contributed by atoms with E-state index in [1.54, 1.807) is 43.5 Å². The number of nitriles is 1. The Morgan fingerprint density at radius 3 is 2.61 bits per heavy atom. The molecule has 9 nitrogen and oxygen atoms in total. The number of imidazole rings is 1. The van der Waals surface area contributed by atoms with Crippen molar-refractivity contribution in [3.8, 4) is 11.8 Å². The summed E-state index contributed by atoms with van der Waals surface area (Å²) in [6.45, 7) is 11.4. The molecule has 254 valence electrons. The van der Waals surface area contributed by atoms with Gasteiger partial charge in [0, 0.05) is 26.3 Å². The van der Waals surface area contributed by atoms with E-state index in [-0.39, 0.29) is 13.3 Å². The molecular weight excluding hydrogens is 653 g/mol. The normalized spacial score (nSPS) is 17.3. The van der Waals surface area contributed by atoms with Crippen LogP contribution in [0.5, 0.6) is 5.75 Å². The highest BCUT2D eigenvalue weighted by atomic mass is 32.2. The molecule has 0 bridgehead atoms. The van der Waals surface area contributed by atoms with Gasteiger partial charge in [0.05, 0.1) is 28.2 Å². The molecule has 0 fully saturated rings. The maximum atomic E-state index is 14.5. The fourth-order valence-electron chi connectivity index (χ4n) is 6.21. The highest BCUT2D eigenvalue weighted by Gasteiger charge is 2.40. The molecule has 11 heteroatoms. The van der Waals surface area contributed by atoms with Gasteiger partial charge in [0.25, 0.3) is 0 Å². The van der Waals surface area contributed by atoms with Crippen LogP contribution in [0.15, 0.2) is 96.7 Å². The first-order chi connectivity index (χ1) is 23.3. The molecule has 49 heavy (non-hydrogen) atoms. The fourth-order valence-corrected chi connectivity index (χ4v) is 8.72. The predicted molar refractivity (Wildman–Crippen MR) is 196 cm³/mol. The van der Waals surface area contributed by atoms with Crippen LogP contribution < -0.4 is 4.74 Å². The van der Waals surface area contributed by atoms with E-state index >= 15 is 0 Å². The smallest absolute Gasteiger partial charge is 0.248 e. The van der Waals surface area contributed by atoms with E-state index in [1.807, 2.05) is 66.1 Å². The second-order valence-corrected chi connectivity index (χ2v) is 22.0. The number of para-hydroxylation sites is 1. The molecule has 0 saturated carbocycles. The summed E-state index contributed by atoms with van der Waals surface area (Å²) in [6, 6.07) is 23.2.